The van der Waals surface area contributed by atoms with Crippen molar-refractivity contribution in [2.45, 2.75) is 30.3 Å². The average Bonchev–Trinajstić information content (AvgIpc) is 2.79. The van der Waals surface area contributed by atoms with Gasteiger partial charge in [-0.2, -0.15) is 4.72 Å². The van der Waals surface area contributed by atoms with E-state index in [1.165, 1.54) is 25.3 Å². The third-order valence-corrected chi connectivity index (χ3v) is 7.24. The van der Waals surface area contributed by atoms with Gasteiger partial charge in [-0.05, 0) is 54.8 Å². The standard InChI is InChI=1S/C24H24BrClN2O4S/c1-16(18-9-6-10-19(25)14-18)27-24(29)21(13-17-7-4-3-5-8-17)28-33(30,31)23-15-20(26)11-12-22(23)32-2/h3-12,14-16,21,28H,13H2,1-2H3,(H,27,29)/t16-,21-/m1/s1. The maximum Gasteiger partial charge on any atom is 0.245 e. The lowest BCUT2D eigenvalue weighted by Crippen LogP contribution is -2.48. The number of hydrogen-bond acceptors (Lipinski definition) is 4. The maximum atomic E-state index is 13.2. The van der Waals surface area contributed by atoms with Crippen LogP contribution >= 0.6 is 27.5 Å². The number of halogens is 2. The highest BCUT2D eigenvalue weighted by molar-refractivity contribution is 9.10. The summed E-state index contributed by atoms with van der Waals surface area (Å²) >= 11 is 9.46. The molecule has 33 heavy (non-hydrogen) atoms. The normalized spacial score (nSPS) is 13.2. The molecule has 0 aliphatic carbocycles. The number of carbonyl (C=O) groups is 1. The van der Waals surface area contributed by atoms with Gasteiger partial charge in [0.2, 0.25) is 15.9 Å². The molecule has 2 N–H and O–H groups in total. The van der Waals surface area contributed by atoms with Crippen molar-refractivity contribution in [3.8, 4) is 5.75 Å². The first-order chi connectivity index (χ1) is 15.7. The fourth-order valence-electron chi connectivity index (χ4n) is 3.32. The van der Waals surface area contributed by atoms with E-state index >= 15 is 0 Å². The Morgan fingerprint density at radius 3 is 2.45 bits per heavy atom. The quantitative estimate of drug-likeness (QED) is 0.397. The molecule has 1 amide bonds. The van der Waals surface area contributed by atoms with Gasteiger partial charge in [0.1, 0.15) is 16.7 Å². The van der Waals surface area contributed by atoms with Gasteiger partial charge in [-0.3, -0.25) is 4.79 Å². The second kappa shape index (κ2) is 11.2. The zero-order valence-corrected chi connectivity index (χ0v) is 21.2. The van der Waals surface area contributed by atoms with E-state index in [1.54, 1.807) is 0 Å². The number of methoxy groups -OCH3 is 1. The molecule has 0 aliphatic rings. The first-order valence-corrected chi connectivity index (χ1v) is 12.8. The Hall–Kier alpha value is -2.39. The van der Waals surface area contributed by atoms with Gasteiger partial charge in [-0.25, -0.2) is 8.42 Å². The summed E-state index contributed by atoms with van der Waals surface area (Å²) in [6, 6.07) is 19.7. The van der Waals surface area contributed by atoms with Crippen LogP contribution in [0.25, 0.3) is 0 Å². The van der Waals surface area contributed by atoms with Gasteiger partial charge < -0.3 is 10.1 Å². The molecule has 3 rings (SSSR count). The maximum absolute atomic E-state index is 13.2. The largest absolute Gasteiger partial charge is 0.495 e. The number of carbonyl (C=O) groups excluding carboxylic acids is 1. The molecule has 0 fully saturated rings. The Morgan fingerprint density at radius 1 is 1.06 bits per heavy atom. The Morgan fingerprint density at radius 2 is 1.79 bits per heavy atom. The number of benzene rings is 3. The Labute approximate surface area is 207 Å². The summed E-state index contributed by atoms with van der Waals surface area (Å²) in [5, 5.41) is 3.15. The first kappa shape index (κ1) is 25.2. The van der Waals surface area contributed by atoms with Crippen molar-refractivity contribution in [1.29, 1.82) is 0 Å². The van der Waals surface area contributed by atoms with E-state index in [2.05, 4.69) is 26.0 Å². The topological polar surface area (TPSA) is 84.5 Å². The number of amides is 1. The van der Waals surface area contributed by atoms with E-state index in [-0.39, 0.29) is 28.1 Å². The van der Waals surface area contributed by atoms with Crippen LogP contribution < -0.4 is 14.8 Å². The first-order valence-electron chi connectivity index (χ1n) is 10.1. The van der Waals surface area contributed by atoms with Crippen LogP contribution in [0.4, 0.5) is 0 Å². The molecule has 6 nitrogen and oxygen atoms in total. The minimum atomic E-state index is -4.12. The van der Waals surface area contributed by atoms with Gasteiger partial charge in [-0.1, -0.05) is 70.0 Å². The Balaban J connectivity index is 1.89. The predicted molar refractivity (Wildman–Crippen MR) is 133 cm³/mol. The van der Waals surface area contributed by atoms with E-state index in [0.717, 1.165) is 15.6 Å². The number of nitrogens with one attached hydrogen (secondary N) is 2. The molecule has 0 heterocycles. The van der Waals surface area contributed by atoms with Crippen LogP contribution in [0.2, 0.25) is 5.02 Å². The van der Waals surface area contributed by atoms with Gasteiger partial charge in [0.15, 0.2) is 0 Å². The van der Waals surface area contributed by atoms with Crippen LogP contribution in [-0.2, 0) is 21.2 Å². The minimum absolute atomic E-state index is 0.133. The number of hydrogen-bond donors (Lipinski definition) is 2. The number of rotatable bonds is 9. The smallest absolute Gasteiger partial charge is 0.245 e. The summed E-state index contributed by atoms with van der Waals surface area (Å²) < 4.78 is 35.1. The fourth-order valence-corrected chi connectivity index (χ4v) is 5.37. The zero-order valence-electron chi connectivity index (χ0n) is 18.1. The van der Waals surface area contributed by atoms with Crippen molar-refractivity contribution >= 4 is 43.5 Å². The molecule has 0 spiro atoms. The van der Waals surface area contributed by atoms with Gasteiger partial charge in [-0.15, -0.1) is 0 Å². The van der Waals surface area contributed by atoms with Gasteiger partial charge in [0.05, 0.1) is 13.2 Å². The molecule has 0 aliphatic heterocycles. The molecule has 3 aromatic carbocycles. The highest BCUT2D eigenvalue weighted by Crippen LogP contribution is 2.27. The second-order valence-corrected chi connectivity index (χ2v) is 10.5. The second-order valence-electron chi connectivity index (χ2n) is 7.44. The van der Waals surface area contributed by atoms with E-state index in [0.29, 0.717) is 0 Å². The highest BCUT2D eigenvalue weighted by Gasteiger charge is 2.29. The monoisotopic (exact) mass is 550 g/mol. The van der Waals surface area contributed by atoms with Crippen molar-refractivity contribution < 1.29 is 17.9 Å². The van der Waals surface area contributed by atoms with Crippen LogP contribution in [0.1, 0.15) is 24.1 Å². The van der Waals surface area contributed by atoms with Crippen molar-refractivity contribution in [2.75, 3.05) is 7.11 Å². The number of sulfonamides is 1. The summed E-state index contributed by atoms with van der Waals surface area (Å²) in [6.07, 6.45) is 0.167. The molecule has 0 saturated heterocycles. The molecule has 174 valence electrons. The summed E-state index contributed by atoms with van der Waals surface area (Å²) in [4.78, 5) is 13.1. The molecule has 0 aromatic heterocycles. The van der Waals surface area contributed by atoms with Crippen molar-refractivity contribution in [3.05, 3.63) is 93.4 Å². The molecular formula is C24H24BrClN2O4S. The van der Waals surface area contributed by atoms with Crippen LogP contribution in [0, 0.1) is 0 Å². The van der Waals surface area contributed by atoms with Crippen molar-refractivity contribution in [1.82, 2.24) is 10.0 Å². The summed E-state index contributed by atoms with van der Waals surface area (Å²) in [5.41, 5.74) is 1.70. The van der Waals surface area contributed by atoms with Crippen LogP contribution in [-0.4, -0.2) is 27.5 Å². The molecule has 3 aromatic rings. The lowest BCUT2D eigenvalue weighted by molar-refractivity contribution is -0.123. The third-order valence-electron chi connectivity index (χ3n) is 5.02. The van der Waals surface area contributed by atoms with E-state index in [4.69, 9.17) is 16.3 Å². The van der Waals surface area contributed by atoms with Crippen LogP contribution in [0.15, 0.2) is 82.2 Å². The molecule has 0 radical (unpaired) electrons. The van der Waals surface area contributed by atoms with Gasteiger partial charge >= 0.3 is 0 Å². The summed E-state index contributed by atoms with van der Waals surface area (Å²) in [5.74, 6) is -0.316. The van der Waals surface area contributed by atoms with Gasteiger partial charge in [0.25, 0.3) is 0 Å². The zero-order chi connectivity index (χ0) is 24.0. The average molecular weight is 552 g/mol. The summed E-state index contributed by atoms with van der Waals surface area (Å²) in [7, 11) is -2.75. The Kier molecular flexibility index (Phi) is 8.53. The van der Waals surface area contributed by atoms with E-state index in [9.17, 15) is 13.2 Å². The summed E-state index contributed by atoms with van der Waals surface area (Å²) in [6.45, 7) is 1.84. The van der Waals surface area contributed by atoms with Crippen molar-refractivity contribution in [3.63, 3.8) is 0 Å². The van der Waals surface area contributed by atoms with Crippen molar-refractivity contribution in [2.24, 2.45) is 0 Å². The molecule has 2 atom stereocenters. The predicted octanol–water partition coefficient (Wildman–Crippen LogP) is 4.88. The molecule has 0 saturated carbocycles. The molecule has 0 unspecified atom stereocenters. The Bertz CT molecular complexity index is 1220. The van der Waals surface area contributed by atoms with E-state index < -0.39 is 22.0 Å². The van der Waals surface area contributed by atoms with E-state index in [1.807, 2.05) is 61.5 Å². The minimum Gasteiger partial charge on any atom is -0.495 e. The third kappa shape index (κ3) is 6.80. The molecule has 0 bridgehead atoms. The lowest BCUT2D eigenvalue weighted by atomic mass is 10.0. The van der Waals surface area contributed by atoms with Crippen LogP contribution in [0.3, 0.4) is 0 Å². The highest BCUT2D eigenvalue weighted by atomic mass is 79.9. The fraction of sp³-hybridized carbons (Fsp3) is 0.208. The lowest BCUT2D eigenvalue weighted by Gasteiger charge is -2.22. The van der Waals surface area contributed by atoms with Gasteiger partial charge in [0, 0.05) is 9.50 Å². The molecular weight excluding hydrogens is 528 g/mol. The number of ether oxygens (including phenoxy) is 1. The molecule has 9 heteroatoms. The SMILES string of the molecule is COc1ccc(Cl)cc1S(=O)(=O)N[C@H](Cc1ccccc1)C(=O)N[C@H](C)c1cccc(Br)c1. The van der Waals surface area contributed by atoms with Crippen LogP contribution in [0.5, 0.6) is 5.75 Å².